The summed E-state index contributed by atoms with van der Waals surface area (Å²) >= 11 is 0. The van der Waals surface area contributed by atoms with E-state index in [1.165, 1.54) is 19.3 Å². The van der Waals surface area contributed by atoms with E-state index in [1.54, 1.807) is 0 Å². The Morgan fingerprint density at radius 3 is 1.59 bits per heavy atom. The van der Waals surface area contributed by atoms with Crippen molar-refractivity contribution in [1.29, 1.82) is 0 Å². The summed E-state index contributed by atoms with van der Waals surface area (Å²) in [4.78, 5) is 69.0. The second-order valence-corrected chi connectivity index (χ2v) is 12.2. The summed E-state index contributed by atoms with van der Waals surface area (Å²) < 4.78 is 0. The molecule has 13 nitrogen and oxygen atoms in total. The van der Waals surface area contributed by atoms with Gasteiger partial charge in [-0.1, -0.05) is 64.2 Å². The lowest BCUT2D eigenvalue weighted by molar-refractivity contribution is -0.142. The number of hydrogen-bond donors (Lipinski definition) is 7. The SMILES string of the molecule is N[C@H](C=O)CCCCNC(=O)[C@@H](N)CCCCNC(=O)CC[C@H](NC(=O)CCCCCCCCCCCCCCC(=O)O)C(=O)O. The van der Waals surface area contributed by atoms with E-state index in [0.717, 1.165) is 57.8 Å². The first-order valence-corrected chi connectivity index (χ1v) is 17.3. The van der Waals surface area contributed by atoms with Gasteiger partial charge in [0.05, 0.1) is 12.1 Å². The molecular formula is C33H61N5O8. The van der Waals surface area contributed by atoms with Crippen LogP contribution in [0, 0.1) is 0 Å². The van der Waals surface area contributed by atoms with E-state index in [2.05, 4.69) is 16.0 Å². The zero-order chi connectivity index (χ0) is 34.4. The van der Waals surface area contributed by atoms with Gasteiger partial charge in [-0.15, -0.1) is 0 Å². The second-order valence-electron chi connectivity index (χ2n) is 12.2. The van der Waals surface area contributed by atoms with Crippen LogP contribution < -0.4 is 27.4 Å². The van der Waals surface area contributed by atoms with Crippen molar-refractivity contribution in [2.75, 3.05) is 13.1 Å². The molecule has 3 amide bonds. The monoisotopic (exact) mass is 655 g/mol. The number of carboxylic acid groups (broad SMARTS) is 2. The van der Waals surface area contributed by atoms with E-state index < -0.39 is 30.1 Å². The molecule has 0 bridgehead atoms. The van der Waals surface area contributed by atoms with Crippen LogP contribution in [0.3, 0.4) is 0 Å². The molecule has 0 rings (SSSR count). The lowest BCUT2D eigenvalue weighted by atomic mass is 10.0. The first-order chi connectivity index (χ1) is 22.1. The lowest BCUT2D eigenvalue weighted by Gasteiger charge is -2.15. The summed E-state index contributed by atoms with van der Waals surface area (Å²) in [5.41, 5.74) is 11.4. The summed E-state index contributed by atoms with van der Waals surface area (Å²) in [6.45, 7) is 0.847. The Balaban J connectivity index is 3.83. The number of nitrogens with one attached hydrogen (secondary N) is 3. The number of rotatable bonds is 32. The van der Waals surface area contributed by atoms with Crippen LogP contribution in [0.1, 0.15) is 141 Å². The maximum atomic E-state index is 12.2. The number of carbonyl (C=O) groups excluding carboxylic acids is 4. The van der Waals surface area contributed by atoms with E-state index in [4.69, 9.17) is 16.6 Å². The van der Waals surface area contributed by atoms with Gasteiger partial charge < -0.3 is 42.4 Å². The van der Waals surface area contributed by atoms with Crippen LogP contribution in [0.2, 0.25) is 0 Å². The van der Waals surface area contributed by atoms with Crippen molar-refractivity contribution >= 4 is 35.9 Å². The molecule has 0 fully saturated rings. The number of hydrogen-bond acceptors (Lipinski definition) is 8. The van der Waals surface area contributed by atoms with E-state index in [-0.39, 0.29) is 43.4 Å². The van der Waals surface area contributed by atoms with Gasteiger partial charge in [0, 0.05) is 32.4 Å². The fourth-order valence-electron chi connectivity index (χ4n) is 4.98. The van der Waals surface area contributed by atoms with Gasteiger partial charge in [0.25, 0.3) is 0 Å². The van der Waals surface area contributed by atoms with Crippen molar-refractivity contribution in [2.45, 2.75) is 159 Å². The molecule has 3 atom stereocenters. The Hall–Kier alpha value is -3.06. The molecule has 0 radical (unpaired) electrons. The maximum Gasteiger partial charge on any atom is 0.326 e. The topological polar surface area (TPSA) is 231 Å². The average molecular weight is 656 g/mol. The second kappa shape index (κ2) is 29.3. The van der Waals surface area contributed by atoms with Crippen molar-refractivity contribution in [3.8, 4) is 0 Å². The third-order valence-electron chi connectivity index (χ3n) is 7.88. The molecule has 0 aromatic carbocycles. The molecule has 0 aromatic heterocycles. The van der Waals surface area contributed by atoms with Crippen molar-refractivity contribution in [3.05, 3.63) is 0 Å². The number of nitrogens with two attached hydrogens (primary N) is 2. The highest BCUT2D eigenvalue weighted by Gasteiger charge is 2.21. The number of aldehydes is 1. The van der Waals surface area contributed by atoms with E-state index in [1.807, 2.05) is 0 Å². The number of aliphatic carboxylic acids is 2. The van der Waals surface area contributed by atoms with E-state index >= 15 is 0 Å². The van der Waals surface area contributed by atoms with Gasteiger partial charge in [-0.2, -0.15) is 0 Å². The van der Waals surface area contributed by atoms with Gasteiger partial charge in [-0.3, -0.25) is 19.2 Å². The minimum absolute atomic E-state index is 0.00136. The van der Waals surface area contributed by atoms with Crippen LogP contribution in [-0.4, -0.2) is 77.4 Å². The Labute approximate surface area is 274 Å². The van der Waals surface area contributed by atoms with Crippen molar-refractivity contribution < 1.29 is 39.0 Å². The van der Waals surface area contributed by atoms with E-state index in [9.17, 15) is 33.9 Å². The molecule has 0 aliphatic heterocycles. The van der Waals surface area contributed by atoms with Crippen molar-refractivity contribution in [3.63, 3.8) is 0 Å². The predicted octanol–water partition coefficient (Wildman–Crippen LogP) is 3.31. The minimum atomic E-state index is -1.17. The largest absolute Gasteiger partial charge is 0.481 e. The lowest BCUT2D eigenvalue weighted by Crippen LogP contribution is -2.41. The normalized spacial score (nSPS) is 12.9. The Morgan fingerprint density at radius 1 is 0.565 bits per heavy atom. The smallest absolute Gasteiger partial charge is 0.326 e. The fraction of sp³-hybridized carbons (Fsp3) is 0.818. The molecule has 0 unspecified atom stereocenters. The van der Waals surface area contributed by atoms with Crippen LogP contribution in [0.25, 0.3) is 0 Å². The van der Waals surface area contributed by atoms with Crippen molar-refractivity contribution in [1.82, 2.24) is 16.0 Å². The van der Waals surface area contributed by atoms with Gasteiger partial charge >= 0.3 is 11.9 Å². The summed E-state index contributed by atoms with van der Waals surface area (Å²) in [6.07, 6.45) is 17.4. The van der Waals surface area contributed by atoms with Crippen LogP contribution in [0.5, 0.6) is 0 Å². The standard InChI is InChI=1S/C33H61N5O8/c34-26(25-39)17-13-15-24-37-32(44)27(35)18-14-16-23-36-29(40)22-21-28(33(45)46)38-30(41)19-11-9-7-5-3-1-2-4-6-8-10-12-20-31(42)43/h25-28H,1-24,34-35H2,(H,36,40)(H,37,44)(H,38,41)(H,42,43)(H,45,46)/t26-,27-,28-/m0/s1. The molecule has 9 N–H and O–H groups in total. The minimum Gasteiger partial charge on any atom is -0.481 e. The molecule has 266 valence electrons. The Kier molecular flexibility index (Phi) is 27.4. The molecule has 0 saturated heterocycles. The number of carboxylic acids is 2. The molecule has 0 saturated carbocycles. The van der Waals surface area contributed by atoms with E-state index in [0.29, 0.717) is 57.9 Å². The quantitative estimate of drug-likeness (QED) is 0.0413. The molecule has 0 aromatic rings. The van der Waals surface area contributed by atoms with Crippen molar-refractivity contribution in [2.24, 2.45) is 11.5 Å². The molecule has 0 aliphatic rings. The fourth-order valence-corrected chi connectivity index (χ4v) is 4.98. The van der Waals surface area contributed by atoms with Gasteiger partial charge in [-0.05, 0) is 57.8 Å². The molecular weight excluding hydrogens is 594 g/mol. The zero-order valence-electron chi connectivity index (χ0n) is 27.8. The Bertz CT molecular complexity index is 873. The average Bonchev–Trinajstić information content (AvgIpc) is 3.02. The third-order valence-corrected chi connectivity index (χ3v) is 7.88. The molecule has 0 heterocycles. The molecule has 0 aliphatic carbocycles. The summed E-state index contributed by atoms with van der Waals surface area (Å²) in [6, 6.07) is -2.24. The van der Waals surface area contributed by atoms with Gasteiger partial charge in [0.2, 0.25) is 17.7 Å². The summed E-state index contributed by atoms with van der Waals surface area (Å²) in [5, 5.41) is 26.1. The van der Waals surface area contributed by atoms with Crippen LogP contribution in [0.4, 0.5) is 0 Å². The highest BCUT2D eigenvalue weighted by atomic mass is 16.4. The number of carbonyl (C=O) groups is 6. The first-order valence-electron chi connectivity index (χ1n) is 17.3. The number of unbranched alkanes of at least 4 members (excludes halogenated alkanes) is 13. The van der Waals surface area contributed by atoms with Gasteiger partial charge in [0.15, 0.2) is 0 Å². The Morgan fingerprint density at radius 2 is 1.07 bits per heavy atom. The number of amides is 3. The van der Waals surface area contributed by atoms with Crippen LogP contribution in [0.15, 0.2) is 0 Å². The van der Waals surface area contributed by atoms with Crippen LogP contribution in [-0.2, 0) is 28.8 Å². The summed E-state index contributed by atoms with van der Waals surface area (Å²) in [7, 11) is 0. The third kappa shape index (κ3) is 27.3. The maximum absolute atomic E-state index is 12.2. The zero-order valence-corrected chi connectivity index (χ0v) is 27.8. The van der Waals surface area contributed by atoms with Gasteiger partial charge in [0.1, 0.15) is 12.3 Å². The molecule has 0 spiro atoms. The molecule has 13 heteroatoms. The summed E-state index contributed by atoms with van der Waals surface area (Å²) in [5.74, 6) is -2.75. The highest BCUT2D eigenvalue weighted by molar-refractivity contribution is 5.84. The highest BCUT2D eigenvalue weighted by Crippen LogP contribution is 2.13. The molecule has 46 heavy (non-hydrogen) atoms. The van der Waals surface area contributed by atoms with Crippen LogP contribution >= 0.6 is 0 Å². The first kappa shape index (κ1) is 42.9. The predicted molar refractivity (Wildman–Crippen MR) is 177 cm³/mol. The van der Waals surface area contributed by atoms with Gasteiger partial charge in [-0.25, -0.2) is 4.79 Å².